The summed E-state index contributed by atoms with van der Waals surface area (Å²) < 4.78 is 13.9. The zero-order chi connectivity index (χ0) is 19.3. The fraction of sp³-hybridized carbons (Fsp3) is 0.435. The zero-order valence-corrected chi connectivity index (χ0v) is 16.3. The third-order valence-corrected chi connectivity index (χ3v) is 5.82. The SMILES string of the molecule is O=C1CC(CN2CCCN(Cc3ccccc3F)CC2)CN1c1ccccc1. The third kappa shape index (κ3) is 4.59. The molecule has 0 bridgehead atoms. The Morgan fingerprint density at radius 3 is 2.43 bits per heavy atom. The van der Waals surface area contributed by atoms with Crippen LogP contribution >= 0.6 is 0 Å². The molecule has 0 N–H and O–H groups in total. The monoisotopic (exact) mass is 381 g/mol. The number of carbonyl (C=O) groups excluding carboxylic acids is 1. The van der Waals surface area contributed by atoms with Crippen molar-refractivity contribution in [3.8, 4) is 0 Å². The van der Waals surface area contributed by atoms with E-state index >= 15 is 0 Å². The summed E-state index contributed by atoms with van der Waals surface area (Å²) in [5.41, 5.74) is 1.78. The molecule has 2 aromatic carbocycles. The third-order valence-electron chi connectivity index (χ3n) is 5.82. The lowest BCUT2D eigenvalue weighted by atomic mass is 10.1. The molecule has 2 aliphatic rings. The Hall–Kier alpha value is -2.24. The summed E-state index contributed by atoms with van der Waals surface area (Å²) in [7, 11) is 0. The molecule has 4 rings (SSSR count). The van der Waals surface area contributed by atoms with Crippen LogP contribution < -0.4 is 4.90 Å². The molecule has 0 aliphatic carbocycles. The van der Waals surface area contributed by atoms with Crippen LogP contribution in [0.3, 0.4) is 0 Å². The summed E-state index contributed by atoms with van der Waals surface area (Å²) in [6, 6.07) is 17.0. The highest BCUT2D eigenvalue weighted by atomic mass is 19.1. The highest BCUT2D eigenvalue weighted by molar-refractivity contribution is 5.95. The Morgan fingerprint density at radius 2 is 1.61 bits per heavy atom. The Kier molecular flexibility index (Phi) is 6.03. The number of benzene rings is 2. The molecule has 2 aliphatic heterocycles. The van der Waals surface area contributed by atoms with E-state index in [4.69, 9.17) is 0 Å². The molecule has 0 spiro atoms. The molecule has 0 saturated carbocycles. The van der Waals surface area contributed by atoms with Crippen molar-refractivity contribution in [1.29, 1.82) is 0 Å². The Balaban J connectivity index is 1.29. The maximum absolute atomic E-state index is 13.9. The number of nitrogens with zero attached hydrogens (tertiary/aromatic N) is 3. The van der Waals surface area contributed by atoms with Crippen LogP contribution in [0.25, 0.3) is 0 Å². The molecule has 2 aromatic rings. The summed E-state index contributed by atoms with van der Waals surface area (Å²) >= 11 is 0. The second-order valence-electron chi connectivity index (χ2n) is 7.93. The van der Waals surface area contributed by atoms with Crippen molar-refractivity contribution >= 4 is 11.6 Å². The molecular formula is C23H28FN3O. The van der Waals surface area contributed by atoms with Gasteiger partial charge in [-0.2, -0.15) is 0 Å². The first-order valence-electron chi connectivity index (χ1n) is 10.2. The number of amides is 1. The highest BCUT2D eigenvalue weighted by Gasteiger charge is 2.32. The van der Waals surface area contributed by atoms with E-state index in [2.05, 4.69) is 9.80 Å². The first-order valence-corrected chi connectivity index (χ1v) is 10.2. The van der Waals surface area contributed by atoms with E-state index in [0.29, 0.717) is 18.9 Å². The minimum atomic E-state index is -0.117. The van der Waals surface area contributed by atoms with Gasteiger partial charge in [-0.25, -0.2) is 4.39 Å². The lowest BCUT2D eigenvalue weighted by molar-refractivity contribution is -0.117. The van der Waals surface area contributed by atoms with Crippen LogP contribution in [-0.2, 0) is 11.3 Å². The fourth-order valence-corrected chi connectivity index (χ4v) is 4.36. The van der Waals surface area contributed by atoms with Gasteiger partial charge in [0.15, 0.2) is 0 Å². The molecule has 2 fully saturated rings. The minimum absolute atomic E-state index is 0.117. The van der Waals surface area contributed by atoms with Gasteiger partial charge in [0, 0.05) is 50.4 Å². The Bertz CT molecular complexity index is 797. The van der Waals surface area contributed by atoms with Gasteiger partial charge in [-0.05, 0) is 43.6 Å². The van der Waals surface area contributed by atoms with E-state index in [1.54, 1.807) is 6.07 Å². The van der Waals surface area contributed by atoms with Crippen LogP contribution in [0.2, 0.25) is 0 Å². The molecule has 148 valence electrons. The Labute approximate surface area is 166 Å². The predicted molar refractivity (Wildman–Crippen MR) is 110 cm³/mol. The van der Waals surface area contributed by atoms with E-state index in [9.17, 15) is 9.18 Å². The highest BCUT2D eigenvalue weighted by Crippen LogP contribution is 2.25. The van der Waals surface area contributed by atoms with Gasteiger partial charge in [0.25, 0.3) is 0 Å². The van der Waals surface area contributed by atoms with Crippen molar-refractivity contribution in [3.05, 3.63) is 66.0 Å². The first-order chi connectivity index (χ1) is 13.7. The molecule has 1 atom stereocenters. The first kappa shape index (κ1) is 19.1. The van der Waals surface area contributed by atoms with Crippen LogP contribution in [0, 0.1) is 11.7 Å². The number of hydrogen-bond acceptors (Lipinski definition) is 3. The van der Waals surface area contributed by atoms with E-state index in [0.717, 1.165) is 56.9 Å². The number of anilines is 1. The molecule has 0 radical (unpaired) electrons. The van der Waals surface area contributed by atoms with Crippen molar-refractivity contribution in [1.82, 2.24) is 9.80 Å². The average molecular weight is 381 g/mol. The molecule has 2 saturated heterocycles. The van der Waals surface area contributed by atoms with E-state index in [1.807, 2.05) is 47.4 Å². The summed E-state index contributed by atoms with van der Waals surface area (Å²) in [4.78, 5) is 19.2. The average Bonchev–Trinajstić information content (AvgIpc) is 2.93. The van der Waals surface area contributed by atoms with Crippen LogP contribution in [0.15, 0.2) is 54.6 Å². The van der Waals surface area contributed by atoms with Crippen molar-refractivity contribution < 1.29 is 9.18 Å². The molecular weight excluding hydrogens is 353 g/mol. The predicted octanol–water partition coefficient (Wildman–Crippen LogP) is 3.39. The number of carbonyl (C=O) groups is 1. The van der Waals surface area contributed by atoms with Gasteiger partial charge in [0.2, 0.25) is 5.91 Å². The van der Waals surface area contributed by atoms with Gasteiger partial charge in [0.05, 0.1) is 0 Å². The second-order valence-corrected chi connectivity index (χ2v) is 7.93. The normalized spacial score (nSPS) is 21.8. The molecule has 1 unspecified atom stereocenters. The quantitative estimate of drug-likeness (QED) is 0.794. The van der Waals surface area contributed by atoms with Gasteiger partial charge in [-0.15, -0.1) is 0 Å². The molecule has 0 aromatic heterocycles. The summed E-state index contributed by atoms with van der Waals surface area (Å²) in [5.74, 6) is 0.493. The zero-order valence-electron chi connectivity index (χ0n) is 16.3. The largest absolute Gasteiger partial charge is 0.312 e. The van der Waals surface area contributed by atoms with Crippen LogP contribution in [0.1, 0.15) is 18.4 Å². The van der Waals surface area contributed by atoms with Gasteiger partial charge in [-0.3, -0.25) is 9.69 Å². The van der Waals surface area contributed by atoms with E-state index in [-0.39, 0.29) is 11.7 Å². The smallest absolute Gasteiger partial charge is 0.227 e. The van der Waals surface area contributed by atoms with Gasteiger partial charge in [0.1, 0.15) is 5.82 Å². The van der Waals surface area contributed by atoms with Crippen LogP contribution in [0.4, 0.5) is 10.1 Å². The molecule has 5 heteroatoms. The number of hydrogen-bond donors (Lipinski definition) is 0. The van der Waals surface area contributed by atoms with Gasteiger partial charge in [-0.1, -0.05) is 36.4 Å². The molecule has 1 amide bonds. The fourth-order valence-electron chi connectivity index (χ4n) is 4.36. The lowest BCUT2D eigenvalue weighted by Gasteiger charge is -2.24. The van der Waals surface area contributed by atoms with Gasteiger partial charge < -0.3 is 9.80 Å². The maximum Gasteiger partial charge on any atom is 0.227 e. The van der Waals surface area contributed by atoms with Gasteiger partial charge >= 0.3 is 0 Å². The van der Waals surface area contributed by atoms with E-state index < -0.39 is 0 Å². The van der Waals surface area contributed by atoms with Crippen LogP contribution in [-0.4, -0.2) is 55.0 Å². The number of halogens is 1. The van der Waals surface area contributed by atoms with Crippen molar-refractivity contribution in [2.24, 2.45) is 5.92 Å². The molecule has 2 heterocycles. The molecule has 28 heavy (non-hydrogen) atoms. The maximum atomic E-state index is 13.9. The standard InChI is InChI=1S/C23H28FN3O/c24-22-10-5-4-7-20(22)18-26-12-6-11-25(13-14-26)16-19-15-23(28)27(17-19)21-8-2-1-3-9-21/h1-5,7-10,19H,6,11-18H2. The topological polar surface area (TPSA) is 26.8 Å². The van der Waals surface area contributed by atoms with E-state index in [1.165, 1.54) is 6.07 Å². The second kappa shape index (κ2) is 8.84. The molecule has 4 nitrogen and oxygen atoms in total. The number of para-hydroxylation sites is 1. The summed E-state index contributed by atoms with van der Waals surface area (Å²) in [5, 5.41) is 0. The minimum Gasteiger partial charge on any atom is -0.312 e. The van der Waals surface area contributed by atoms with Crippen molar-refractivity contribution in [3.63, 3.8) is 0 Å². The van der Waals surface area contributed by atoms with Crippen molar-refractivity contribution in [2.45, 2.75) is 19.4 Å². The van der Waals surface area contributed by atoms with Crippen molar-refractivity contribution in [2.75, 3.05) is 44.2 Å². The lowest BCUT2D eigenvalue weighted by Crippen LogP contribution is -2.35. The summed E-state index contributed by atoms with van der Waals surface area (Å²) in [6.45, 7) is 6.39. The number of rotatable bonds is 5. The Morgan fingerprint density at radius 1 is 0.893 bits per heavy atom. The van der Waals surface area contributed by atoms with Crippen LogP contribution in [0.5, 0.6) is 0 Å². The summed E-state index contributed by atoms with van der Waals surface area (Å²) in [6.07, 6.45) is 1.71.